The monoisotopic (exact) mass is 320 g/mol. The molecule has 22 heavy (non-hydrogen) atoms. The highest BCUT2D eigenvalue weighted by Crippen LogP contribution is 2.24. The van der Waals surface area contributed by atoms with E-state index in [-0.39, 0.29) is 11.8 Å². The van der Waals surface area contributed by atoms with Gasteiger partial charge in [0.2, 0.25) is 5.91 Å². The van der Waals surface area contributed by atoms with Crippen molar-refractivity contribution in [1.82, 2.24) is 9.88 Å². The van der Waals surface area contributed by atoms with Gasteiger partial charge in [-0.3, -0.25) is 9.59 Å². The van der Waals surface area contributed by atoms with Crippen molar-refractivity contribution in [3.63, 3.8) is 0 Å². The number of fused-ring (bicyclic) bond motifs is 1. The van der Waals surface area contributed by atoms with Crippen LogP contribution in [0.5, 0.6) is 0 Å². The number of aromatic amines is 1. The summed E-state index contributed by atoms with van der Waals surface area (Å²) in [5, 5.41) is 10.6. The molecular formula is C16H17ClN2O3. The van der Waals surface area contributed by atoms with Crippen LogP contribution in [0.1, 0.15) is 18.4 Å². The number of benzene rings is 1. The number of amides is 1. The highest BCUT2D eigenvalue weighted by molar-refractivity contribution is 6.31. The van der Waals surface area contributed by atoms with E-state index in [1.807, 2.05) is 24.4 Å². The Bertz CT molecular complexity index is 717. The molecule has 1 aromatic heterocycles. The average molecular weight is 321 g/mol. The van der Waals surface area contributed by atoms with Crippen LogP contribution in [0.25, 0.3) is 10.9 Å². The van der Waals surface area contributed by atoms with Crippen LogP contribution in [0.15, 0.2) is 24.4 Å². The lowest BCUT2D eigenvalue weighted by atomic mass is 9.96. The second-order valence-electron chi connectivity index (χ2n) is 5.67. The van der Waals surface area contributed by atoms with Crippen LogP contribution in [-0.4, -0.2) is 40.0 Å². The first-order chi connectivity index (χ1) is 10.5. The zero-order valence-corrected chi connectivity index (χ0v) is 12.8. The van der Waals surface area contributed by atoms with Gasteiger partial charge in [0.25, 0.3) is 0 Å². The summed E-state index contributed by atoms with van der Waals surface area (Å²) in [4.78, 5) is 28.2. The van der Waals surface area contributed by atoms with Crippen molar-refractivity contribution in [1.29, 1.82) is 0 Å². The third-order valence-corrected chi connectivity index (χ3v) is 4.50. The Balaban J connectivity index is 1.68. The normalized spacial score (nSPS) is 16.1. The number of halogens is 1. The first-order valence-corrected chi connectivity index (χ1v) is 7.68. The fourth-order valence-electron chi connectivity index (χ4n) is 2.96. The lowest BCUT2D eigenvalue weighted by Crippen LogP contribution is -2.40. The Morgan fingerprint density at radius 3 is 2.73 bits per heavy atom. The van der Waals surface area contributed by atoms with Gasteiger partial charge in [-0.05, 0) is 30.5 Å². The minimum absolute atomic E-state index is 0.0414. The molecule has 1 aliphatic heterocycles. The quantitative estimate of drug-likeness (QED) is 0.913. The molecule has 0 radical (unpaired) electrons. The fraction of sp³-hybridized carbons (Fsp3) is 0.375. The first-order valence-electron chi connectivity index (χ1n) is 7.30. The summed E-state index contributed by atoms with van der Waals surface area (Å²) >= 11 is 5.95. The van der Waals surface area contributed by atoms with Crippen molar-refractivity contribution in [2.75, 3.05) is 13.1 Å². The van der Waals surface area contributed by atoms with E-state index in [0.717, 1.165) is 16.5 Å². The largest absolute Gasteiger partial charge is 0.481 e. The van der Waals surface area contributed by atoms with E-state index >= 15 is 0 Å². The molecular weight excluding hydrogens is 304 g/mol. The Labute approximate surface area is 132 Å². The molecule has 2 aromatic rings. The molecule has 0 aliphatic carbocycles. The molecule has 0 spiro atoms. The number of likely N-dealkylation sites (tertiary alicyclic amines) is 1. The van der Waals surface area contributed by atoms with Crippen LogP contribution < -0.4 is 0 Å². The number of piperidine rings is 1. The Kier molecular flexibility index (Phi) is 4.07. The van der Waals surface area contributed by atoms with Crippen molar-refractivity contribution in [2.24, 2.45) is 5.92 Å². The molecule has 1 aromatic carbocycles. The van der Waals surface area contributed by atoms with E-state index < -0.39 is 5.97 Å². The topological polar surface area (TPSA) is 73.4 Å². The summed E-state index contributed by atoms with van der Waals surface area (Å²) in [6, 6.07) is 5.56. The molecule has 0 atom stereocenters. The summed E-state index contributed by atoms with van der Waals surface area (Å²) in [6.07, 6.45) is 3.22. The highest BCUT2D eigenvalue weighted by atomic mass is 35.5. The number of carbonyl (C=O) groups excluding carboxylic acids is 1. The van der Waals surface area contributed by atoms with Crippen LogP contribution >= 0.6 is 11.6 Å². The van der Waals surface area contributed by atoms with Gasteiger partial charge in [-0.2, -0.15) is 0 Å². The lowest BCUT2D eigenvalue weighted by Gasteiger charge is -2.30. The minimum Gasteiger partial charge on any atom is -0.481 e. The van der Waals surface area contributed by atoms with Crippen molar-refractivity contribution in [3.05, 3.63) is 35.0 Å². The Morgan fingerprint density at radius 2 is 2.05 bits per heavy atom. The van der Waals surface area contributed by atoms with Crippen molar-refractivity contribution in [3.8, 4) is 0 Å². The number of carbonyl (C=O) groups is 2. The van der Waals surface area contributed by atoms with Crippen LogP contribution in [-0.2, 0) is 16.0 Å². The SMILES string of the molecule is O=C(O)C1CCN(C(=O)Cc2c[nH]c3cc(Cl)ccc23)CC1. The minimum atomic E-state index is -0.763. The number of nitrogens with one attached hydrogen (secondary N) is 1. The predicted octanol–water partition coefficient (Wildman–Crippen LogP) is 2.69. The Hall–Kier alpha value is -2.01. The summed E-state index contributed by atoms with van der Waals surface area (Å²) in [7, 11) is 0. The Morgan fingerprint density at radius 1 is 1.32 bits per heavy atom. The number of aromatic nitrogens is 1. The van der Waals surface area contributed by atoms with E-state index in [0.29, 0.717) is 37.4 Å². The van der Waals surface area contributed by atoms with Crippen LogP contribution in [0.3, 0.4) is 0 Å². The maximum atomic E-state index is 12.4. The second-order valence-corrected chi connectivity index (χ2v) is 6.11. The van der Waals surface area contributed by atoms with Gasteiger partial charge in [0.15, 0.2) is 0 Å². The van der Waals surface area contributed by atoms with Crippen molar-refractivity contribution < 1.29 is 14.7 Å². The third-order valence-electron chi connectivity index (χ3n) is 4.27. The molecule has 0 unspecified atom stereocenters. The van der Waals surface area contributed by atoms with E-state index in [9.17, 15) is 9.59 Å². The van der Waals surface area contributed by atoms with Gasteiger partial charge in [-0.1, -0.05) is 17.7 Å². The summed E-state index contributed by atoms with van der Waals surface area (Å²) in [6.45, 7) is 1.04. The number of rotatable bonds is 3. The first kappa shape index (κ1) is 14.9. The molecule has 5 nitrogen and oxygen atoms in total. The fourth-order valence-corrected chi connectivity index (χ4v) is 3.13. The highest BCUT2D eigenvalue weighted by Gasteiger charge is 2.27. The predicted molar refractivity (Wildman–Crippen MR) is 84.0 cm³/mol. The van der Waals surface area contributed by atoms with Gasteiger partial charge in [0.05, 0.1) is 12.3 Å². The standard InChI is InChI=1S/C16H17ClN2O3/c17-12-1-2-13-11(9-18-14(13)8-12)7-15(20)19-5-3-10(4-6-19)16(21)22/h1-2,8-10,18H,3-7H2,(H,21,22). The van der Waals surface area contributed by atoms with Gasteiger partial charge in [-0.25, -0.2) is 0 Å². The average Bonchev–Trinajstić information content (AvgIpc) is 2.89. The molecule has 2 heterocycles. The van der Waals surface area contributed by atoms with Gasteiger partial charge in [0, 0.05) is 35.2 Å². The molecule has 3 rings (SSSR count). The molecule has 1 amide bonds. The summed E-state index contributed by atoms with van der Waals surface area (Å²) in [5.41, 5.74) is 1.86. The maximum absolute atomic E-state index is 12.4. The second kappa shape index (κ2) is 6.01. The zero-order valence-electron chi connectivity index (χ0n) is 12.0. The van der Waals surface area contributed by atoms with Crippen LogP contribution in [0.4, 0.5) is 0 Å². The molecule has 1 saturated heterocycles. The van der Waals surface area contributed by atoms with E-state index in [1.165, 1.54) is 0 Å². The summed E-state index contributed by atoms with van der Waals surface area (Å²) < 4.78 is 0. The van der Waals surface area contributed by atoms with Crippen LogP contribution in [0, 0.1) is 5.92 Å². The number of nitrogens with zero attached hydrogens (tertiary/aromatic N) is 1. The summed E-state index contributed by atoms with van der Waals surface area (Å²) in [5.74, 6) is -1.04. The third kappa shape index (κ3) is 2.95. The van der Waals surface area contributed by atoms with Gasteiger partial charge >= 0.3 is 5.97 Å². The number of aliphatic carboxylic acids is 1. The van der Waals surface area contributed by atoms with Crippen molar-refractivity contribution >= 4 is 34.4 Å². The van der Waals surface area contributed by atoms with E-state index in [4.69, 9.17) is 16.7 Å². The number of carboxylic acids is 1. The van der Waals surface area contributed by atoms with E-state index in [2.05, 4.69) is 4.98 Å². The maximum Gasteiger partial charge on any atom is 0.306 e. The van der Waals surface area contributed by atoms with Crippen LogP contribution in [0.2, 0.25) is 5.02 Å². The molecule has 1 aliphatic rings. The van der Waals surface area contributed by atoms with Gasteiger partial charge in [-0.15, -0.1) is 0 Å². The molecule has 116 valence electrons. The van der Waals surface area contributed by atoms with Crippen molar-refractivity contribution in [2.45, 2.75) is 19.3 Å². The number of H-pyrrole nitrogens is 1. The lowest BCUT2D eigenvalue weighted by molar-refractivity contribution is -0.145. The molecule has 0 saturated carbocycles. The molecule has 2 N–H and O–H groups in total. The van der Waals surface area contributed by atoms with E-state index in [1.54, 1.807) is 4.90 Å². The van der Waals surface area contributed by atoms with Gasteiger partial charge in [0.1, 0.15) is 0 Å². The molecule has 6 heteroatoms. The number of hydrogen-bond acceptors (Lipinski definition) is 2. The van der Waals surface area contributed by atoms with Gasteiger partial charge < -0.3 is 15.0 Å². The molecule has 1 fully saturated rings. The number of carboxylic acid groups (broad SMARTS) is 1. The smallest absolute Gasteiger partial charge is 0.306 e. The number of hydrogen-bond donors (Lipinski definition) is 2. The zero-order chi connectivity index (χ0) is 15.7. The molecule has 0 bridgehead atoms.